The van der Waals surface area contributed by atoms with Crippen molar-refractivity contribution in [2.45, 2.75) is 19.6 Å². The number of nitrogens with zero attached hydrogens (tertiary/aromatic N) is 2. The first-order valence-electron chi connectivity index (χ1n) is 13.4. The molecule has 3 aromatic rings. The smallest absolute Gasteiger partial charge is 0.295 e. The van der Waals surface area contributed by atoms with Crippen LogP contribution >= 0.6 is 0 Å². The van der Waals surface area contributed by atoms with Gasteiger partial charge in [0.1, 0.15) is 24.7 Å². The summed E-state index contributed by atoms with van der Waals surface area (Å²) in [5.41, 5.74) is 2.84. The van der Waals surface area contributed by atoms with Crippen LogP contribution in [0.5, 0.6) is 17.2 Å². The van der Waals surface area contributed by atoms with Gasteiger partial charge < -0.3 is 29.1 Å². The Morgan fingerprint density at radius 1 is 1.00 bits per heavy atom. The first kappa shape index (κ1) is 29.4. The second-order valence-electron chi connectivity index (χ2n) is 10.1. The lowest BCUT2D eigenvalue weighted by atomic mass is 9.94. The van der Waals surface area contributed by atoms with Crippen molar-refractivity contribution in [2.24, 2.45) is 0 Å². The maximum absolute atomic E-state index is 13.4. The van der Waals surface area contributed by atoms with Gasteiger partial charge in [-0.2, -0.15) is 0 Å². The van der Waals surface area contributed by atoms with Gasteiger partial charge in [-0.3, -0.25) is 9.59 Å². The van der Waals surface area contributed by atoms with E-state index in [-0.39, 0.29) is 11.3 Å². The number of likely N-dealkylation sites (N-methyl/N-ethyl adjacent to an activating group) is 1. The van der Waals surface area contributed by atoms with Crippen LogP contribution in [0.1, 0.15) is 28.3 Å². The number of carbonyl (C=O) groups is 2. The van der Waals surface area contributed by atoms with Gasteiger partial charge in [-0.25, -0.2) is 0 Å². The molecule has 1 heterocycles. The highest BCUT2D eigenvalue weighted by molar-refractivity contribution is 6.46. The third-order valence-electron chi connectivity index (χ3n) is 6.87. The fourth-order valence-electron chi connectivity index (χ4n) is 4.74. The van der Waals surface area contributed by atoms with Crippen LogP contribution in [0, 0.1) is 6.92 Å². The molecule has 214 valence electrons. The molecule has 8 nitrogen and oxygen atoms in total. The number of ether oxygens (including phenoxy) is 3. The number of Topliss-reactive ketones (excluding diaryl/α,β-unsaturated/α-hetero) is 1. The minimum atomic E-state index is -0.816. The largest absolute Gasteiger partial charge is 0.507 e. The summed E-state index contributed by atoms with van der Waals surface area (Å²) in [4.78, 5) is 30.1. The average molecular weight is 557 g/mol. The number of ketones is 1. The topological polar surface area (TPSA) is 88.5 Å². The Morgan fingerprint density at radius 3 is 2.39 bits per heavy atom. The molecule has 1 aliphatic rings. The molecule has 3 aromatic carbocycles. The second kappa shape index (κ2) is 13.2. The number of aliphatic hydroxyl groups is 1. The van der Waals surface area contributed by atoms with Crippen molar-refractivity contribution in [3.63, 3.8) is 0 Å². The number of likely N-dealkylation sites (tertiary alicyclic amines) is 1. The van der Waals surface area contributed by atoms with Gasteiger partial charge in [-0.15, -0.1) is 0 Å². The predicted octanol–water partition coefficient (Wildman–Crippen LogP) is 5.13. The second-order valence-corrected chi connectivity index (χ2v) is 10.1. The summed E-state index contributed by atoms with van der Waals surface area (Å²) < 4.78 is 17.3. The number of benzene rings is 3. The summed E-state index contributed by atoms with van der Waals surface area (Å²) in [5, 5.41) is 11.5. The van der Waals surface area contributed by atoms with Crippen LogP contribution in [0.15, 0.2) is 85.0 Å². The quantitative estimate of drug-likeness (QED) is 0.143. The van der Waals surface area contributed by atoms with Crippen molar-refractivity contribution < 1.29 is 28.9 Å². The van der Waals surface area contributed by atoms with Gasteiger partial charge in [-0.05, 0) is 68.0 Å². The summed E-state index contributed by atoms with van der Waals surface area (Å²) >= 11 is 0. The highest BCUT2D eigenvalue weighted by Gasteiger charge is 2.46. The van der Waals surface area contributed by atoms with Crippen molar-refractivity contribution >= 4 is 17.4 Å². The Kier molecular flexibility index (Phi) is 9.47. The molecule has 0 saturated carbocycles. The number of aliphatic hydroxyl groups excluding tert-OH is 1. The summed E-state index contributed by atoms with van der Waals surface area (Å²) in [7, 11) is 5.33. The highest BCUT2D eigenvalue weighted by atomic mass is 16.5. The Balaban J connectivity index is 1.75. The molecule has 4 rings (SSSR count). The van der Waals surface area contributed by atoms with Crippen LogP contribution in [0.4, 0.5) is 0 Å². The molecule has 0 bridgehead atoms. The van der Waals surface area contributed by atoms with Crippen LogP contribution in [0.3, 0.4) is 0 Å². The van der Waals surface area contributed by atoms with E-state index in [2.05, 4.69) is 6.58 Å². The number of carbonyl (C=O) groups excluding carboxylic acids is 2. The van der Waals surface area contributed by atoms with Gasteiger partial charge in [0.05, 0.1) is 18.7 Å². The molecule has 8 heteroatoms. The Labute approximate surface area is 241 Å². The molecule has 0 aromatic heterocycles. The average Bonchev–Trinajstić information content (AvgIpc) is 3.23. The normalized spacial score (nSPS) is 16.2. The van der Waals surface area contributed by atoms with Crippen molar-refractivity contribution in [2.75, 3.05) is 40.9 Å². The van der Waals surface area contributed by atoms with Crippen molar-refractivity contribution in [3.05, 3.63) is 107 Å². The lowest BCUT2D eigenvalue weighted by molar-refractivity contribution is -0.140. The Bertz CT molecular complexity index is 1450. The SMILES string of the molecule is C=CCOc1ccc(/C(O)=C2\C(=O)C(=O)N(CCN(C)C)C2c2ccc(OCc3ccccc3)c(OC)c2)cc1C. The van der Waals surface area contributed by atoms with E-state index in [1.54, 1.807) is 42.5 Å². The third kappa shape index (κ3) is 6.61. The molecule has 1 aliphatic heterocycles. The first-order chi connectivity index (χ1) is 19.7. The molecule has 1 fully saturated rings. The van der Waals surface area contributed by atoms with E-state index in [0.29, 0.717) is 54.7 Å². The van der Waals surface area contributed by atoms with E-state index in [9.17, 15) is 14.7 Å². The molecule has 1 N–H and O–H groups in total. The molecular formula is C33H36N2O6. The Morgan fingerprint density at radius 2 is 1.73 bits per heavy atom. The summed E-state index contributed by atoms with van der Waals surface area (Å²) in [6.45, 7) is 7.04. The maximum atomic E-state index is 13.4. The molecule has 1 saturated heterocycles. The molecule has 1 amide bonds. The van der Waals surface area contributed by atoms with Crippen LogP contribution in [-0.2, 0) is 16.2 Å². The zero-order valence-corrected chi connectivity index (χ0v) is 23.9. The van der Waals surface area contributed by atoms with Crippen LogP contribution < -0.4 is 14.2 Å². The number of methoxy groups -OCH3 is 1. The van der Waals surface area contributed by atoms with E-state index in [4.69, 9.17) is 14.2 Å². The van der Waals surface area contributed by atoms with E-state index in [1.807, 2.05) is 56.3 Å². The zero-order chi connectivity index (χ0) is 29.5. The standard InChI is InChI=1S/C33H36N2O6/c1-6-18-40-26-14-13-25(19-22(26)2)31(36)29-30(35(17-16-34(3)4)33(38)32(29)37)24-12-15-27(28(20-24)39-5)41-21-23-10-8-7-9-11-23/h6-15,19-20,30,36H,1,16-18,21H2,2-5H3/b31-29+. The van der Waals surface area contributed by atoms with Crippen molar-refractivity contribution in [1.29, 1.82) is 0 Å². The summed E-state index contributed by atoms with van der Waals surface area (Å²) in [6, 6.07) is 19.4. The highest BCUT2D eigenvalue weighted by Crippen LogP contribution is 2.42. The molecule has 0 radical (unpaired) electrons. The van der Waals surface area contributed by atoms with E-state index >= 15 is 0 Å². The van der Waals surface area contributed by atoms with Gasteiger partial charge in [0.2, 0.25) is 0 Å². The summed E-state index contributed by atoms with van der Waals surface area (Å²) in [5.74, 6) is -0.0290. The zero-order valence-electron chi connectivity index (χ0n) is 23.9. The minimum Gasteiger partial charge on any atom is -0.507 e. The number of aryl methyl sites for hydroxylation is 1. The maximum Gasteiger partial charge on any atom is 0.295 e. The van der Waals surface area contributed by atoms with Gasteiger partial charge in [0.15, 0.2) is 11.5 Å². The molecule has 0 aliphatic carbocycles. The Hall–Kier alpha value is -4.56. The monoisotopic (exact) mass is 556 g/mol. The lowest BCUT2D eigenvalue weighted by Gasteiger charge is -2.27. The van der Waals surface area contributed by atoms with Crippen molar-refractivity contribution in [1.82, 2.24) is 9.80 Å². The van der Waals surface area contributed by atoms with Gasteiger partial charge in [-0.1, -0.05) is 49.1 Å². The van der Waals surface area contributed by atoms with Crippen LogP contribution in [-0.4, -0.2) is 67.5 Å². The van der Waals surface area contributed by atoms with Crippen LogP contribution in [0.2, 0.25) is 0 Å². The molecule has 1 unspecified atom stereocenters. The number of rotatable bonds is 12. The fraction of sp³-hybridized carbons (Fsp3) is 0.273. The van der Waals surface area contributed by atoms with E-state index in [1.165, 1.54) is 12.0 Å². The number of amides is 1. The fourth-order valence-corrected chi connectivity index (χ4v) is 4.74. The molecular weight excluding hydrogens is 520 g/mol. The van der Waals surface area contributed by atoms with Gasteiger partial charge in [0.25, 0.3) is 11.7 Å². The van der Waals surface area contributed by atoms with Gasteiger partial charge in [0, 0.05) is 18.7 Å². The van der Waals surface area contributed by atoms with Crippen molar-refractivity contribution in [3.8, 4) is 17.2 Å². The predicted molar refractivity (Wildman–Crippen MR) is 158 cm³/mol. The third-order valence-corrected chi connectivity index (χ3v) is 6.87. The minimum absolute atomic E-state index is 0.0212. The van der Waals surface area contributed by atoms with Crippen LogP contribution in [0.25, 0.3) is 5.76 Å². The summed E-state index contributed by atoms with van der Waals surface area (Å²) in [6.07, 6.45) is 1.65. The van der Waals surface area contributed by atoms with E-state index < -0.39 is 17.7 Å². The van der Waals surface area contributed by atoms with Gasteiger partial charge >= 0.3 is 0 Å². The number of hydrogen-bond acceptors (Lipinski definition) is 7. The lowest BCUT2D eigenvalue weighted by Crippen LogP contribution is -2.35. The number of hydrogen-bond donors (Lipinski definition) is 1. The first-order valence-corrected chi connectivity index (χ1v) is 13.4. The molecule has 1 atom stereocenters. The molecule has 0 spiro atoms. The molecule has 41 heavy (non-hydrogen) atoms. The van der Waals surface area contributed by atoms with E-state index in [0.717, 1.165) is 11.1 Å².